The van der Waals surface area contributed by atoms with Gasteiger partial charge in [0.1, 0.15) is 17.6 Å². The lowest BCUT2D eigenvalue weighted by Crippen LogP contribution is -2.46. The highest BCUT2D eigenvalue weighted by molar-refractivity contribution is 6.01. The van der Waals surface area contributed by atoms with Crippen molar-refractivity contribution in [2.75, 3.05) is 55.7 Å². The Bertz CT molecular complexity index is 1090. The van der Waals surface area contributed by atoms with Crippen LogP contribution in [0.1, 0.15) is 18.4 Å². The second-order valence-corrected chi connectivity index (χ2v) is 8.51. The topological polar surface area (TPSA) is 75.2 Å². The maximum Gasteiger partial charge on any atom is 0.319 e. The summed E-state index contributed by atoms with van der Waals surface area (Å²) in [6.07, 6.45) is 4.55. The van der Waals surface area contributed by atoms with Crippen LogP contribution in [0.4, 0.5) is 16.2 Å². The van der Waals surface area contributed by atoms with Crippen LogP contribution in [-0.2, 0) is 6.42 Å². The zero-order valence-corrected chi connectivity index (χ0v) is 18.3. The summed E-state index contributed by atoms with van der Waals surface area (Å²) >= 11 is 0. The molecule has 2 N–H and O–H groups in total. The number of nitrogens with two attached hydrogens (primary N) is 1. The average molecular weight is 435 g/mol. The lowest BCUT2D eigenvalue weighted by molar-refractivity contribution is 0.248. The van der Waals surface area contributed by atoms with Crippen molar-refractivity contribution >= 4 is 28.4 Å². The first kappa shape index (κ1) is 20.7. The minimum atomic E-state index is -0.442. The van der Waals surface area contributed by atoms with E-state index >= 15 is 0 Å². The molecule has 2 aliphatic heterocycles. The van der Waals surface area contributed by atoms with Gasteiger partial charge in [-0.3, -0.25) is 9.80 Å². The quantitative estimate of drug-likeness (QED) is 0.572. The molecule has 7 nitrogen and oxygen atoms in total. The molecule has 0 atom stereocenters. The maximum absolute atomic E-state index is 12.1. The van der Waals surface area contributed by atoms with Crippen LogP contribution < -0.4 is 20.3 Å². The van der Waals surface area contributed by atoms with E-state index in [4.69, 9.17) is 14.9 Å². The van der Waals surface area contributed by atoms with Crippen LogP contribution in [0.15, 0.2) is 53.1 Å². The van der Waals surface area contributed by atoms with Gasteiger partial charge >= 0.3 is 6.03 Å². The fourth-order valence-electron chi connectivity index (χ4n) is 4.79. The molecule has 32 heavy (non-hydrogen) atoms. The Labute approximate surface area is 188 Å². The van der Waals surface area contributed by atoms with E-state index in [1.807, 2.05) is 24.3 Å². The van der Waals surface area contributed by atoms with Gasteiger partial charge in [-0.15, -0.1) is 0 Å². The lowest BCUT2D eigenvalue weighted by atomic mass is 10.1. The number of ether oxygens (including phenoxy) is 1. The van der Waals surface area contributed by atoms with Gasteiger partial charge in [-0.25, -0.2) is 4.79 Å². The van der Waals surface area contributed by atoms with Crippen LogP contribution in [0.25, 0.3) is 11.0 Å². The second-order valence-electron chi connectivity index (χ2n) is 8.51. The fraction of sp³-hybridized carbons (Fsp3) is 0.400. The molecule has 3 aromatic rings. The number of carbonyl (C=O) groups excluding carboxylic acids is 1. The Balaban J connectivity index is 1.11. The summed E-state index contributed by atoms with van der Waals surface area (Å²) in [6, 6.07) is 13.8. The third-order valence-electron chi connectivity index (χ3n) is 6.53. The molecule has 2 aromatic carbocycles. The highest BCUT2D eigenvalue weighted by Crippen LogP contribution is 2.36. The van der Waals surface area contributed by atoms with E-state index in [2.05, 4.69) is 28.0 Å². The molecule has 1 saturated heterocycles. The second kappa shape index (κ2) is 9.12. The normalized spacial score (nSPS) is 16.2. The Morgan fingerprint density at radius 3 is 2.72 bits per heavy atom. The van der Waals surface area contributed by atoms with Crippen molar-refractivity contribution in [2.45, 2.75) is 19.3 Å². The lowest BCUT2D eigenvalue weighted by Gasteiger charge is -2.36. The van der Waals surface area contributed by atoms with Gasteiger partial charge in [0.2, 0.25) is 0 Å². The highest BCUT2D eigenvalue weighted by Gasteiger charge is 2.23. The number of benzene rings is 2. The van der Waals surface area contributed by atoms with Crippen LogP contribution in [0.5, 0.6) is 5.75 Å². The van der Waals surface area contributed by atoms with Crippen LogP contribution in [0, 0.1) is 0 Å². The third-order valence-corrected chi connectivity index (χ3v) is 6.53. The summed E-state index contributed by atoms with van der Waals surface area (Å²) < 4.78 is 11.5. The van der Waals surface area contributed by atoms with Gasteiger partial charge < -0.3 is 19.8 Å². The summed E-state index contributed by atoms with van der Waals surface area (Å²) in [5.41, 5.74) is 9.75. The van der Waals surface area contributed by atoms with E-state index in [1.54, 1.807) is 11.2 Å². The number of para-hydroxylation sites is 2. The molecule has 2 aliphatic rings. The molecule has 0 bridgehead atoms. The molecule has 1 fully saturated rings. The number of anilines is 2. The summed E-state index contributed by atoms with van der Waals surface area (Å²) in [6.45, 7) is 6.50. The number of furan rings is 1. The number of nitrogens with zero attached hydrogens (tertiary/aromatic N) is 3. The van der Waals surface area contributed by atoms with Gasteiger partial charge in [0.05, 0.1) is 18.0 Å². The number of hydrogen-bond acceptors (Lipinski definition) is 5. The number of primary amides is 1. The molecule has 5 rings (SSSR count). The first-order valence-electron chi connectivity index (χ1n) is 11.5. The number of carbonyl (C=O) groups is 1. The Morgan fingerprint density at radius 2 is 1.88 bits per heavy atom. The molecule has 0 radical (unpaired) electrons. The van der Waals surface area contributed by atoms with E-state index in [1.165, 1.54) is 11.3 Å². The van der Waals surface area contributed by atoms with Crippen molar-refractivity contribution in [1.29, 1.82) is 0 Å². The molecule has 0 saturated carbocycles. The number of hydrogen-bond donors (Lipinski definition) is 1. The number of rotatable bonds is 7. The van der Waals surface area contributed by atoms with Crippen molar-refractivity contribution in [1.82, 2.24) is 4.90 Å². The van der Waals surface area contributed by atoms with Crippen molar-refractivity contribution in [3.05, 3.63) is 54.3 Å². The van der Waals surface area contributed by atoms with Crippen molar-refractivity contribution < 1.29 is 13.9 Å². The third kappa shape index (κ3) is 4.12. The number of unbranched alkanes of at least 4 members (excludes halogenated alkanes) is 1. The van der Waals surface area contributed by atoms with Gasteiger partial charge in [-0.05, 0) is 43.1 Å². The summed E-state index contributed by atoms with van der Waals surface area (Å²) in [7, 11) is 0. The smallest absolute Gasteiger partial charge is 0.319 e. The molecule has 0 spiro atoms. The van der Waals surface area contributed by atoms with Crippen molar-refractivity contribution in [2.24, 2.45) is 5.73 Å². The number of amides is 2. The first-order chi connectivity index (χ1) is 15.7. The molecule has 168 valence electrons. The zero-order valence-electron chi connectivity index (χ0n) is 18.3. The van der Waals surface area contributed by atoms with Gasteiger partial charge in [0, 0.05) is 44.5 Å². The Morgan fingerprint density at radius 1 is 1.03 bits per heavy atom. The number of piperazine rings is 1. The SMILES string of the molecule is NC(=O)N(CCCCN1CCN(c2cccc3c2OCC3)CC1)c1coc2ccccc12. The molecular weight excluding hydrogens is 404 g/mol. The van der Waals surface area contributed by atoms with Crippen molar-refractivity contribution in [3.63, 3.8) is 0 Å². The predicted molar refractivity (Wildman–Crippen MR) is 127 cm³/mol. The minimum Gasteiger partial charge on any atom is -0.491 e. The monoisotopic (exact) mass is 434 g/mol. The molecule has 3 heterocycles. The highest BCUT2D eigenvalue weighted by atomic mass is 16.5. The summed E-state index contributed by atoms with van der Waals surface area (Å²) in [5, 5.41) is 0.916. The van der Waals surface area contributed by atoms with Crippen LogP contribution in [-0.4, -0.2) is 56.8 Å². The van der Waals surface area contributed by atoms with E-state index in [0.29, 0.717) is 6.54 Å². The predicted octanol–water partition coefficient (Wildman–Crippen LogP) is 3.86. The number of fused-ring (bicyclic) bond motifs is 2. The molecule has 0 aliphatic carbocycles. The molecule has 1 aromatic heterocycles. The Kier molecular flexibility index (Phi) is 5.90. The summed E-state index contributed by atoms with van der Waals surface area (Å²) in [4.78, 5) is 18.6. The minimum absolute atomic E-state index is 0.442. The fourth-order valence-corrected chi connectivity index (χ4v) is 4.79. The molecular formula is C25H30N4O3. The molecule has 2 amide bonds. The van der Waals surface area contributed by atoms with E-state index in [-0.39, 0.29) is 0 Å². The van der Waals surface area contributed by atoms with Crippen LogP contribution in [0.2, 0.25) is 0 Å². The first-order valence-corrected chi connectivity index (χ1v) is 11.5. The van der Waals surface area contributed by atoms with Crippen LogP contribution in [0.3, 0.4) is 0 Å². The van der Waals surface area contributed by atoms with Crippen LogP contribution >= 0.6 is 0 Å². The van der Waals surface area contributed by atoms with Gasteiger partial charge in [-0.1, -0.05) is 24.3 Å². The molecule has 7 heteroatoms. The van der Waals surface area contributed by atoms with E-state index in [9.17, 15) is 4.79 Å². The standard InChI is InChI=1S/C25H30N4O3/c26-25(30)29(22-18-32-23-9-2-1-7-20(22)23)12-4-3-11-27-13-15-28(16-14-27)21-8-5-6-19-10-17-31-24(19)21/h1-2,5-9,18H,3-4,10-17H2,(H2,26,30). The molecule has 0 unspecified atom stereocenters. The van der Waals surface area contributed by atoms with Gasteiger partial charge in [-0.2, -0.15) is 0 Å². The largest absolute Gasteiger partial charge is 0.491 e. The van der Waals surface area contributed by atoms with Gasteiger partial charge in [0.25, 0.3) is 0 Å². The summed E-state index contributed by atoms with van der Waals surface area (Å²) in [5.74, 6) is 1.08. The van der Waals surface area contributed by atoms with E-state index < -0.39 is 6.03 Å². The Hall–Kier alpha value is -3.19. The van der Waals surface area contributed by atoms with E-state index in [0.717, 1.165) is 81.0 Å². The van der Waals surface area contributed by atoms with Crippen molar-refractivity contribution in [3.8, 4) is 5.75 Å². The zero-order chi connectivity index (χ0) is 21.9. The number of urea groups is 1. The maximum atomic E-state index is 12.1. The average Bonchev–Trinajstić information content (AvgIpc) is 3.46. The van der Waals surface area contributed by atoms with Gasteiger partial charge in [0.15, 0.2) is 0 Å².